The van der Waals surface area contributed by atoms with Crippen LogP contribution in [0.1, 0.15) is 26.2 Å². The molecule has 3 N–H and O–H groups in total. The number of hydrogen-bond donors (Lipinski definition) is 3. The molecule has 0 aliphatic carbocycles. The van der Waals surface area contributed by atoms with Crippen LogP contribution in [0.3, 0.4) is 0 Å². The van der Waals surface area contributed by atoms with Gasteiger partial charge in [-0.15, -0.1) is 5.10 Å². The minimum absolute atomic E-state index is 0.326. The number of hydrogen-bond acceptors (Lipinski definition) is 4. The van der Waals surface area contributed by atoms with Gasteiger partial charge in [-0.2, -0.15) is 0 Å². The lowest BCUT2D eigenvalue weighted by Gasteiger charge is -2.10. The van der Waals surface area contributed by atoms with E-state index in [1.807, 2.05) is 18.2 Å². The number of carbonyl (C=O) groups excluding carboxylic acids is 2. The number of urea groups is 1. The zero-order valence-corrected chi connectivity index (χ0v) is 17.7. The van der Waals surface area contributed by atoms with E-state index in [-0.39, 0.29) is 6.54 Å². The maximum Gasteiger partial charge on any atom is 0.346 e. The topological polar surface area (TPSA) is 110 Å². The number of amides is 3. The molecule has 0 aliphatic rings. The monoisotopic (exact) mass is 440 g/mol. The van der Waals surface area contributed by atoms with Gasteiger partial charge >= 0.3 is 11.7 Å². The number of carbonyl (C=O) groups is 2. The number of halogens is 1. The molecule has 168 valence electrons. The molecule has 2 aromatic carbocycles. The van der Waals surface area contributed by atoms with Gasteiger partial charge in [0, 0.05) is 17.8 Å². The number of nitrogens with zero attached hydrogens (tertiary/aromatic N) is 3. The molecule has 3 aromatic rings. The van der Waals surface area contributed by atoms with Crippen molar-refractivity contribution in [1.29, 1.82) is 0 Å². The summed E-state index contributed by atoms with van der Waals surface area (Å²) in [6.45, 7) is 2.20. The minimum Gasteiger partial charge on any atom is -0.307 e. The molecule has 32 heavy (non-hydrogen) atoms. The minimum atomic E-state index is -0.712. The number of nitrogens with one attached hydrogen (secondary N) is 3. The Bertz CT molecular complexity index is 1110. The molecule has 1 heterocycles. The third-order valence-corrected chi connectivity index (χ3v) is 4.65. The van der Waals surface area contributed by atoms with E-state index in [2.05, 4.69) is 28.2 Å². The highest BCUT2D eigenvalue weighted by molar-refractivity contribution is 5.90. The maximum absolute atomic E-state index is 12.9. The molecule has 0 radical (unpaired) electrons. The molecule has 9 nitrogen and oxygen atoms in total. The summed E-state index contributed by atoms with van der Waals surface area (Å²) in [6, 6.07) is 13.6. The van der Waals surface area contributed by atoms with Crippen LogP contribution in [-0.2, 0) is 17.9 Å². The molecule has 10 heteroatoms. The maximum atomic E-state index is 12.9. The lowest BCUT2D eigenvalue weighted by molar-refractivity contribution is -0.122. The fourth-order valence-corrected chi connectivity index (χ4v) is 3.05. The second kappa shape index (κ2) is 10.9. The zero-order chi connectivity index (χ0) is 22.9. The van der Waals surface area contributed by atoms with Crippen molar-refractivity contribution in [3.63, 3.8) is 0 Å². The first-order chi connectivity index (χ1) is 15.5. The van der Waals surface area contributed by atoms with Gasteiger partial charge in [-0.25, -0.2) is 24.1 Å². The zero-order valence-electron chi connectivity index (χ0n) is 17.7. The lowest BCUT2D eigenvalue weighted by atomic mass is 10.2. The van der Waals surface area contributed by atoms with Crippen LogP contribution in [0, 0.1) is 5.82 Å². The summed E-state index contributed by atoms with van der Waals surface area (Å²) in [5.41, 5.74) is 5.13. The fraction of sp³-hybridized carbons (Fsp3) is 0.273. The third kappa shape index (κ3) is 6.03. The van der Waals surface area contributed by atoms with Crippen LogP contribution in [0.2, 0.25) is 0 Å². The van der Waals surface area contributed by atoms with Gasteiger partial charge in [-0.05, 0) is 30.7 Å². The Hall–Kier alpha value is -3.95. The smallest absolute Gasteiger partial charge is 0.307 e. The fourth-order valence-electron chi connectivity index (χ4n) is 3.05. The van der Waals surface area contributed by atoms with Crippen LogP contribution < -0.4 is 21.9 Å². The number of benzene rings is 2. The first kappa shape index (κ1) is 22.7. The molecule has 0 unspecified atom stereocenters. The Kier molecular flexibility index (Phi) is 7.74. The summed E-state index contributed by atoms with van der Waals surface area (Å²) >= 11 is 0. The normalized spacial score (nSPS) is 10.6. The molecule has 0 fully saturated rings. The molecular weight excluding hydrogens is 415 g/mol. The Morgan fingerprint density at radius 2 is 1.72 bits per heavy atom. The summed E-state index contributed by atoms with van der Waals surface area (Å²) in [4.78, 5) is 37.2. The second-order valence-electron chi connectivity index (χ2n) is 7.12. The molecule has 0 saturated carbocycles. The van der Waals surface area contributed by atoms with Crippen molar-refractivity contribution < 1.29 is 14.0 Å². The number of aromatic nitrogens is 3. The summed E-state index contributed by atoms with van der Waals surface area (Å²) in [6.07, 6.45) is 2.78. The lowest BCUT2D eigenvalue weighted by Crippen LogP contribution is -2.46. The summed E-state index contributed by atoms with van der Waals surface area (Å²) in [5, 5.41) is 6.87. The molecule has 0 saturated heterocycles. The SMILES string of the molecule is CCCCCn1nc(-c2ccccc2)n(CC(=O)NNC(=O)Nc2ccc(F)cc2)c1=O. The van der Waals surface area contributed by atoms with Crippen LogP contribution in [0.5, 0.6) is 0 Å². The number of aryl methyl sites for hydroxylation is 1. The van der Waals surface area contributed by atoms with Crippen molar-refractivity contribution in [3.8, 4) is 11.4 Å². The molecule has 0 bridgehead atoms. The number of unbranched alkanes of at least 4 members (excludes halogenated alkanes) is 2. The molecular formula is C22H25FN6O3. The quantitative estimate of drug-likeness (QED) is 0.370. The van der Waals surface area contributed by atoms with E-state index in [4.69, 9.17) is 0 Å². The molecule has 3 rings (SSSR count). The standard InChI is InChI=1S/C22H25FN6O3/c1-2-3-7-14-29-22(32)28(20(27-29)16-8-5-4-6-9-16)15-19(30)25-26-21(31)24-18-12-10-17(23)11-13-18/h4-6,8-13H,2-3,7,14-15H2,1H3,(H,25,30)(H2,24,26,31). The van der Waals surface area contributed by atoms with E-state index in [0.29, 0.717) is 23.6 Å². The third-order valence-electron chi connectivity index (χ3n) is 4.65. The first-order valence-corrected chi connectivity index (χ1v) is 10.3. The summed E-state index contributed by atoms with van der Waals surface area (Å²) < 4.78 is 15.6. The average molecular weight is 440 g/mol. The molecule has 0 spiro atoms. The highest BCUT2D eigenvalue weighted by Crippen LogP contribution is 2.15. The van der Waals surface area contributed by atoms with Gasteiger partial charge in [0.1, 0.15) is 12.4 Å². The van der Waals surface area contributed by atoms with Crippen LogP contribution in [0.25, 0.3) is 11.4 Å². The Labute approximate surface area is 184 Å². The van der Waals surface area contributed by atoms with E-state index >= 15 is 0 Å². The highest BCUT2D eigenvalue weighted by atomic mass is 19.1. The van der Waals surface area contributed by atoms with Gasteiger partial charge < -0.3 is 5.32 Å². The number of rotatable bonds is 8. The molecule has 0 aliphatic heterocycles. The van der Waals surface area contributed by atoms with Crippen molar-refractivity contribution in [3.05, 3.63) is 70.9 Å². The average Bonchev–Trinajstić information content (AvgIpc) is 3.10. The van der Waals surface area contributed by atoms with Crippen molar-refractivity contribution in [1.82, 2.24) is 25.2 Å². The molecule has 0 atom stereocenters. The van der Waals surface area contributed by atoms with E-state index < -0.39 is 23.4 Å². The van der Waals surface area contributed by atoms with Crippen LogP contribution in [0.15, 0.2) is 59.4 Å². The van der Waals surface area contributed by atoms with Gasteiger partial charge in [0.25, 0.3) is 5.91 Å². The van der Waals surface area contributed by atoms with Gasteiger partial charge in [0.2, 0.25) is 0 Å². The largest absolute Gasteiger partial charge is 0.346 e. The van der Waals surface area contributed by atoms with Crippen molar-refractivity contribution in [2.75, 3.05) is 5.32 Å². The Balaban J connectivity index is 1.68. The van der Waals surface area contributed by atoms with Crippen molar-refractivity contribution >= 4 is 17.6 Å². The second-order valence-corrected chi connectivity index (χ2v) is 7.12. The van der Waals surface area contributed by atoms with E-state index in [1.54, 1.807) is 12.1 Å². The van der Waals surface area contributed by atoms with Crippen LogP contribution in [0.4, 0.5) is 14.9 Å². The Morgan fingerprint density at radius 3 is 2.41 bits per heavy atom. The Morgan fingerprint density at radius 1 is 1.00 bits per heavy atom. The van der Waals surface area contributed by atoms with Gasteiger partial charge in [0.15, 0.2) is 5.82 Å². The highest BCUT2D eigenvalue weighted by Gasteiger charge is 2.17. The van der Waals surface area contributed by atoms with E-state index in [9.17, 15) is 18.8 Å². The summed E-state index contributed by atoms with van der Waals surface area (Å²) in [7, 11) is 0. The molecule has 3 amide bonds. The van der Waals surface area contributed by atoms with Crippen LogP contribution in [-0.4, -0.2) is 26.3 Å². The van der Waals surface area contributed by atoms with E-state index in [1.165, 1.54) is 33.5 Å². The van der Waals surface area contributed by atoms with Gasteiger partial charge in [-0.3, -0.25) is 14.8 Å². The predicted octanol–water partition coefficient (Wildman–Crippen LogP) is 2.89. The van der Waals surface area contributed by atoms with Gasteiger partial charge in [0.05, 0.1) is 0 Å². The van der Waals surface area contributed by atoms with Gasteiger partial charge in [-0.1, -0.05) is 50.1 Å². The summed E-state index contributed by atoms with van der Waals surface area (Å²) in [5.74, 6) is -0.663. The van der Waals surface area contributed by atoms with E-state index in [0.717, 1.165) is 19.3 Å². The number of hydrazine groups is 1. The van der Waals surface area contributed by atoms with Crippen LogP contribution >= 0.6 is 0 Å². The predicted molar refractivity (Wildman–Crippen MR) is 118 cm³/mol. The first-order valence-electron chi connectivity index (χ1n) is 10.3. The molecule has 1 aromatic heterocycles. The van der Waals surface area contributed by atoms with Crippen molar-refractivity contribution in [2.24, 2.45) is 0 Å². The number of anilines is 1. The van der Waals surface area contributed by atoms with Crippen molar-refractivity contribution in [2.45, 2.75) is 39.3 Å².